The van der Waals surface area contributed by atoms with Crippen molar-refractivity contribution in [3.8, 4) is 0 Å². The van der Waals surface area contributed by atoms with E-state index in [9.17, 15) is 9.59 Å². The maximum absolute atomic E-state index is 11.9. The van der Waals surface area contributed by atoms with Crippen LogP contribution in [0.2, 0.25) is 0 Å². The summed E-state index contributed by atoms with van der Waals surface area (Å²) in [6.45, 7) is 2.54. The number of urea groups is 1. The SMILES string of the molecule is CC1CCC(NC(=O)NCc2ccccc2CC(=O)O)C1. The van der Waals surface area contributed by atoms with Crippen molar-refractivity contribution < 1.29 is 14.7 Å². The highest BCUT2D eigenvalue weighted by Gasteiger charge is 2.22. The third-order valence-corrected chi connectivity index (χ3v) is 3.93. The molecular weight excluding hydrogens is 268 g/mol. The summed E-state index contributed by atoms with van der Waals surface area (Å²) in [4.78, 5) is 22.7. The number of carbonyl (C=O) groups excluding carboxylic acids is 1. The van der Waals surface area contributed by atoms with Gasteiger partial charge in [-0.05, 0) is 36.3 Å². The van der Waals surface area contributed by atoms with E-state index in [1.807, 2.05) is 18.2 Å². The quantitative estimate of drug-likeness (QED) is 0.778. The maximum atomic E-state index is 11.9. The Morgan fingerprint density at radius 3 is 2.57 bits per heavy atom. The fourth-order valence-corrected chi connectivity index (χ4v) is 2.82. The molecule has 1 fully saturated rings. The fourth-order valence-electron chi connectivity index (χ4n) is 2.82. The van der Waals surface area contributed by atoms with Crippen LogP contribution in [0.15, 0.2) is 24.3 Å². The predicted molar refractivity (Wildman–Crippen MR) is 80.0 cm³/mol. The Hall–Kier alpha value is -2.04. The Bertz CT molecular complexity index is 516. The second-order valence-corrected chi connectivity index (χ2v) is 5.78. The molecule has 3 N–H and O–H groups in total. The molecular formula is C16H22N2O3. The van der Waals surface area contributed by atoms with Crippen LogP contribution in [0.5, 0.6) is 0 Å². The summed E-state index contributed by atoms with van der Waals surface area (Å²) in [5.74, 6) is -0.196. The molecule has 0 aliphatic heterocycles. The van der Waals surface area contributed by atoms with E-state index in [1.54, 1.807) is 6.07 Å². The van der Waals surface area contributed by atoms with Crippen LogP contribution in [0.25, 0.3) is 0 Å². The molecule has 2 atom stereocenters. The van der Waals surface area contributed by atoms with E-state index in [1.165, 1.54) is 0 Å². The van der Waals surface area contributed by atoms with Crippen molar-refractivity contribution in [2.75, 3.05) is 0 Å². The molecule has 0 aromatic heterocycles. The number of hydrogen-bond donors (Lipinski definition) is 3. The molecule has 2 amide bonds. The Labute approximate surface area is 124 Å². The van der Waals surface area contributed by atoms with Gasteiger partial charge in [-0.25, -0.2) is 4.79 Å². The maximum Gasteiger partial charge on any atom is 0.315 e. The molecule has 0 spiro atoms. The van der Waals surface area contributed by atoms with Crippen molar-refractivity contribution in [3.63, 3.8) is 0 Å². The monoisotopic (exact) mass is 290 g/mol. The van der Waals surface area contributed by atoms with Crippen molar-refractivity contribution in [2.45, 2.75) is 45.2 Å². The largest absolute Gasteiger partial charge is 0.481 e. The highest BCUT2D eigenvalue weighted by molar-refractivity contribution is 5.74. The number of carboxylic acid groups (broad SMARTS) is 1. The number of hydrogen-bond acceptors (Lipinski definition) is 2. The zero-order chi connectivity index (χ0) is 15.2. The normalized spacial score (nSPS) is 21.0. The Kier molecular flexibility index (Phi) is 5.20. The van der Waals surface area contributed by atoms with E-state index < -0.39 is 5.97 Å². The van der Waals surface area contributed by atoms with Gasteiger partial charge in [0.05, 0.1) is 6.42 Å². The first-order valence-electron chi connectivity index (χ1n) is 7.37. The summed E-state index contributed by atoms with van der Waals surface area (Å²) < 4.78 is 0. The number of aliphatic carboxylic acids is 1. The van der Waals surface area contributed by atoms with Gasteiger partial charge in [0.25, 0.3) is 0 Å². The average molecular weight is 290 g/mol. The molecule has 5 nitrogen and oxygen atoms in total. The number of carbonyl (C=O) groups is 2. The Morgan fingerprint density at radius 2 is 1.95 bits per heavy atom. The number of amides is 2. The lowest BCUT2D eigenvalue weighted by Gasteiger charge is -2.14. The summed E-state index contributed by atoms with van der Waals surface area (Å²) in [6, 6.07) is 7.35. The molecule has 0 radical (unpaired) electrons. The number of carboxylic acids is 1. The van der Waals surface area contributed by atoms with Gasteiger partial charge in [-0.2, -0.15) is 0 Å². The molecule has 0 heterocycles. The zero-order valence-corrected chi connectivity index (χ0v) is 12.3. The lowest BCUT2D eigenvalue weighted by Crippen LogP contribution is -2.40. The van der Waals surface area contributed by atoms with Crippen LogP contribution in [0.4, 0.5) is 4.79 Å². The molecule has 1 aliphatic carbocycles. The van der Waals surface area contributed by atoms with Crippen LogP contribution in [0, 0.1) is 5.92 Å². The first kappa shape index (κ1) is 15.4. The van der Waals surface area contributed by atoms with Crippen LogP contribution in [-0.2, 0) is 17.8 Å². The molecule has 21 heavy (non-hydrogen) atoms. The third-order valence-electron chi connectivity index (χ3n) is 3.93. The second kappa shape index (κ2) is 7.11. The van der Waals surface area contributed by atoms with Crippen LogP contribution in [-0.4, -0.2) is 23.1 Å². The first-order valence-corrected chi connectivity index (χ1v) is 7.37. The van der Waals surface area contributed by atoms with Gasteiger partial charge in [-0.15, -0.1) is 0 Å². The summed E-state index contributed by atoms with van der Waals surface area (Å²) >= 11 is 0. The topological polar surface area (TPSA) is 78.4 Å². The van der Waals surface area contributed by atoms with Gasteiger partial charge in [0.1, 0.15) is 0 Å². The standard InChI is InChI=1S/C16H22N2O3/c1-11-6-7-14(8-11)18-16(21)17-10-13-5-3-2-4-12(13)9-15(19)20/h2-5,11,14H,6-10H2,1H3,(H,19,20)(H2,17,18,21). The average Bonchev–Trinajstić information content (AvgIpc) is 2.82. The second-order valence-electron chi connectivity index (χ2n) is 5.78. The molecule has 0 saturated heterocycles. The number of benzene rings is 1. The van der Waals surface area contributed by atoms with Gasteiger partial charge in [0.2, 0.25) is 0 Å². The summed E-state index contributed by atoms with van der Waals surface area (Å²) in [7, 11) is 0. The lowest BCUT2D eigenvalue weighted by atomic mass is 10.0. The number of rotatable bonds is 5. The molecule has 1 aliphatic rings. The van der Waals surface area contributed by atoms with Gasteiger partial charge in [0.15, 0.2) is 0 Å². The molecule has 5 heteroatoms. The lowest BCUT2D eigenvalue weighted by molar-refractivity contribution is -0.136. The van der Waals surface area contributed by atoms with Crippen LogP contribution >= 0.6 is 0 Å². The predicted octanol–water partition coefficient (Wildman–Crippen LogP) is 2.30. The molecule has 2 unspecified atom stereocenters. The van der Waals surface area contributed by atoms with Crippen LogP contribution in [0.1, 0.15) is 37.3 Å². The van der Waals surface area contributed by atoms with E-state index in [4.69, 9.17) is 5.11 Å². The molecule has 1 aromatic carbocycles. The number of nitrogens with one attached hydrogen (secondary N) is 2. The van der Waals surface area contributed by atoms with E-state index in [-0.39, 0.29) is 18.5 Å². The molecule has 0 bridgehead atoms. The van der Waals surface area contributed by atoms with Crippen molar-refractivity contribution >= 4 is 12.0 Å². The van der Waals surface area contributed by atoms with E-state index >= 15 is 0 Å². The first-order chi connectivity index (χ1) is 10.0. The highest BCUT2D eigenvalue weighted by atomic mass is 16.4. The van der Waals surface area contributed by atoms with Crippen molar-refractivity contribution in [3.05, 3.63) is 35.4 Å². The van der Waals surface area contributed by atoms with Crippen LogP contribution in [0.3, 0.4) is 0 Å². The molecule has 114 valence electrons. The smallest absolute Gasteiger partial charge is 0.315 e. The van der Waals surface area contributed by atoms with Crippen molar-refractivity contribution in [2.24, 2.45) is 5.92 Å². The van der Waals surface area contributed by atoms with Gasteiger partial charge < -0.3 is 15.7 Å². The van der Waals surface area contributed by atoms with E-state index in [2.05, 4.69) is 17.6 Å². The van der Waals surface area contributed by atoms with Gasteiger partial charge >= 0.3 is 12.0 Å². The third kappa shape index (κ3) is 4.77. The van der Waals surface area contributed by atoms with Crippen molar-refractivity contribution in [1.29, 1.82) is 0 Å². The minimum absolute atomic E-state index is 0.0282. The fraction of sp³-hybridized carbons (Fsp3) is 0.500. The minimum atomic E-state index is -0.869. The van der Waals surface area contributed by atoms with Gasteiger partial charge in [0, 0.05) is 12.6 Å². The zero-order valence-electron chi connectivity index (χ0n) is 12.3. The Morgan fingerprint density at radius 1 is 1.24 bits per heavy atom. The Balaban J connectivity index is 1.85. The van der Waals surface area contributed by atoms with E-state index in [0.29, 0.717) is 12.5 Å². The van der Waals surface area contributed by atoms with Crippen LogP contribution < -0.4 is 10.6 Å². The summed E-state index contributed by atoms with van der Waals surface area (Å²) in [5, 5.41) is 14.7. The van der Waals surface area contributed by atoms with Gasteiger partial charge in [-0.1, -0.05) is 31.2 Å². The van der Waals surface area contributed by atoms with Crippen molar-refractivity contribution in [1.82, 2.24) is 10.6 Å². The molecule has 1 saturated carbocycles. The highest BCUT2D eigenvalue weighted by Crippen LogP contribution is 2.24. The van der Waals surface area contributed by atoms with Gasteiger partial charge in [-0.3, -0.25) is 4.79 Å². The minimum Gasteiger partial charge on any atom is -0.481 e. The summed E-state index contributed by atoms with van der Waals surface area (Å²) in [6.07, 6.45) is 3.19. The molecule has 1 aromatic rings. The summed E-state index contributed by atoms with van der Waals surface area (Å²) in [5.41, 5.74) is 1.58. The molecule has 2 rings (SSSR count). The van der Waals surface area contributed by atoms with E-state index in [0.717, 1.165) is 30.4 Å².